The summed E-state index contributed by atoms with van der Waals surface area (Å²) in [6.45, 7) is 14.6. The summed E-state index contributed by atoms with van der Waals surface area (Å²) in [6.07, 6.45) is 0.101. The molecule has 0 spiro atoms. The molecule has 0 aliphatic carbocycles. The highest BCUT2D eigenvalue weighted by molar-refractivity contribution is 5.88. The maximum Gasteiger partial charge on any atom is 0.338 e. The number of esters is 2. The average molecular weight is 421 g/mol. The quantitative estimate of drug-likeness (QED) is 0.372. The van der Waals surface area contributed by atoms with Crippen molar-refractivity contribution in [3.8, 4) is 11.5 Å². The van der Waals surface area contributed by atoms with E-state index in [0.717, 1.165) is 0 Å². The maximum absolute atomic E-state index is 12.2. The van der Waals surface area contributed by atoms with Crippen molar-refractivity contribution >= 4 is 11.9 Å². The highest BCUT2D eigenvalue weighted by Gasteiger charge is 2.37. The van der Waals surface area contributed by atoms with E-state index in [2.05, 4.69) is 6.58 Å². The first-order valence-electron chi connectivity index (χ1n) is 10.0. The van der Waals surface area contributed by atoms with E-state index in [1.807, 2.05) is 34.6 Å². The lowest BCUT2D eigenvalue weighted by Crippen LogP contribution is -2.47. The van der Waals surface area contributed by atoms with Crippen LogP contribution in [0.2, 0.25) is 0 Å². The SMILES string of the molecule is C=C(C)C(=O)Oc1ccc(OCC2CC(CC(=O)OC(C)(C)C)OC(C)(C)O2)cc1. The second-order valence-electron chi connectivity index (χ2n) is 8.86. The van der Waals surface area contributed by atoms with E-state index >= 15 is 0 Å². The van der Waals surface area contributed by atoms with Crippen LogP contribution in [0.4, 0.5) is 0 Å². The zero-order chi connectivity index (χ0) is 22.5. The third kappa shape index (κ3) is 8.16. The van der Waals surface area contributed by atoms with Gasteiger partial charge in [0.05, 0.1) is 18.6 Å². The van der Waals surface area contributed by atoms with Crippen molar-refractivity contribution in [1.29, 1.82) is 0 Å². The molecule has 2 unspecified atom stereocenters. The molecule has 1 saturated heterocycles. The van der Waals surface area contributed by atoms with Crippen molar-refractivity contribution in [2.24, 2.45) is 0 Å². The standard InChI is InChI=1S/C23H32O7/c1-15(2)21(25)27-17-10-8-16(9-11-17)26-14-19-12-18(28-23(6,7)29-19)13-20(24)30-22(3,4)5/h8-11,18-19H,1,12-14H2,2-7H3. The Morgan fingerprint density at radius 3 is 2.23 bits per heavy atom. The fourth-order valence-electron chi connectivity index (χ4n) is 3.00. The Balaban J connectivity index is 1.90. The number of rotatable bonds is 7. The molecular weight excluding hydrogens is 388 g/mol. The van der Waals surface area contributed by atoms with Gasteiger partial charge in [-0.25, -0.2) is 4.79 Å². The highest BCUT2D eigenvalue weighted by atomic mass is 16.7. The Labute approximate surface area is 178 Å². The van der Waals surface area contributed by atoms with Crippen LogP contribution < -0.4 is 9.47 Å². The minimum absolute atomic E-state index is 0.156. The van der Waals surface area contributed by atoms with E-state index in [0.29, 0.717) is 30.1 Å². The normalized spacial score (nSPS) is 20.9. The van der Waals surface area contributed by atoms with E-state index in [4.69, 9.17) is 23.7 Å². The summed E-state index contributed by atoms with van der Waals surface area (Å²) >= 11 is 0. The van der Waals surface area contributed by atoms with Gasteiger partial charge in [-0.1, -0.05) is 6.58 Å². The van der Waals surface area contributed by atoms with Crippen LogP contribution in [0.25, 0.3) is 0 Å². The minimum Gasteiger partial charge on any atom is -0.491 e. The van der Waals surface area contributed by atoms with E-state index in [-0.39, 0.29) is 24.6 Å². The molecule has 1 aromatic carbocycles. The van der Waals surface area contributed by atoms with Gasteiger partial charge < -0.3 is 23.7 Å². The zero-order valence-electron chi connectivity index (χ0n) is 18.7. The first-order chi connectivity index (χ1) is 13.8. The summed E-state index contributed by atoms with van der Waals surface area (Å²) in [6, 6.07) is 6.72. The molecule has 1 heterocycles. The average Bonchev–Trinajstić information content (AvgIpc) is 2.58. The van der Waals surface area contributed by atoms with Gasteiger partial charge in [-0.3, -0.25) is 4.79 Å². The van der Waals surface area contributed by atoms with Gasteiger partial charge in [0, 0.05) is 12.0 Å². The zero-order valence-corrected chi connectivity index (χ0v) is 18.7. The molecule has 0 radical (unpaired) electrons. The van der Waals surface area contributed by atoms with Gasteiger partial charge in [-0.2, -0.15) is 0 Å². The van der Waals surface area contributed by atoms with Crippen molar-refractivity contribution in [1.82, 2.24) is 0 Å². The summed E-state index contributed by atoms with van der Waals surface area (Å²) in [7, 11) is 0. The van der Waals surface area contributed by atoms with Crippen LogP contribution in [-0.2, 0) is 23.8 Å². The lowest BCUT2D eigenvalue weighted by molar-refractivity contribution is -0.303. The molecule has 0 bridgehead atoms. The van der Waals surface area contributed by atoms with Crippen molar-refractivity contribution < 1.29 is 33.3 Å². The minimum atomic E-state index is -0.834. The van der Waals surface area contributed by atoms with Crippen molar-refractivity contribution in [3.63, 3.8) is 0 Å². The molecule has 7 heteroatoms. The van der Waals surface area contributed by atoms with Crippen LogP contribution in [0.5, 0.6) is 11.5 Å². The molecule has 0 saturated carbocycles. The van der Waals surface area contributed by atoms with Crippen LogP contribution in [-0.4, -0.2) is 42.1 Å². The lowest BCUT2D eigenvalue weighted by Gasteiger charge is -2.40. The Kier molecular flexibility index (Phi) is 7.66. The number of benzene rings is 1. The number of ether oxygens (including phenoxy) is 5. The largest absolute Gasteiger partial charge is 0.491 e. The predicted octanol–water partition coefficient (Wildman–Crippen LogP) is 4.19. The summed E-state index contributed by atoms with van der Waals surface area (Å²) in [4.78, 5) is 23.7. The van der Waals surface area contributed by atoms with Gasteiger partial charge in [0.25, 0.3) is 0 Å². The Morgan fingerprint density at radius 1 is 1.10 bits per heavy atom. The summed E-state index contributed by atoms with van der Waals surface area (Å²) in [5.41, 5.74) is -0.207. The molecule has 1 aliphatic heterocycles. The second-order valence-corrected chi connectivity index (χ2v) is 8.86. The van der Waals surface area contributed by atoms with Crippen molar-refractivity contribution in [2.75, 3.05) is 6.61 Å². The van der Waals surface area contributed by atoms with Gasteiger partial charge in [0.1, 0.15) is 23.7 Å². The molecule has 1 fully saturated rings. The molecule has 1 aromatic rings. The van der Waals surface area contributed by atoms with Crippen LogP contribution in [0, 0.1) is 0 Å². The van der Waals surface area contributed by atoms with Gasteiger partial charge >= 0.3 is 11.9 Å². The fourth-order valence-corrected chi connectivity index (χ4v) is 3.00. The van der Waals surface area contributed by atoms with Gasteiger partial charge in [0.15, 0.2) is 5.79 Å². The first kappa shape index (κ1) is 23.9. The van der Waals surface area contributed by atoms with Gasteiger partial charge in [0.2, 0.25) is 0 Å². The molecule has 0 N–H and O–H groups in total. The molecule has 7 nitrogen and oxygen atoms in total. The third-order valence-electron chi connectivity index (χ3n) is 4.06. The summed E-state index contributed by atoms with van der Waals surface area (Å²) in [5, 5.41) is 0. The Bertz CT molecular complexity index is 759. The molecule has 1 aliphatic rings. The highest BCUT2D eigenvalue weighted by Crippen LogP contribution is 2.29. The molecular formula is C23H32O7. The van der Waals surface area contributed by atoms with Gasteiger partial charge in [-0.15, -0.1) is 0 Å². The first-order valence-corrected chi connectivity index (χ1v) is 10.0. The van der Waals surface area contributed by atoms with Crippen LogP contribution >= 0.6 is 0 Å². The van der Waals surface area contributed by atoms with Crippen LogP contribution in [0.1, 0.15) is 54.4 Å². The molecule has 30 heavy (non-hydrogen) atoms. The second kappa shape index (κ2) is 9.62. The predicted molar refractivity (Wildman–Crippen MR) is 111 cm³/mol. The third-order valence-corrected chi connectivity index (χ3v) is 4.06. The van der Waals surface area contributed by atoms with Crippen molar-refractivity contribution in [2.45, 2.75) is 78.0 Å². The number of carbonyl (C=O) groups is 2. The number of hydrogen-bond donors (Lipinski definition) is 0. The van der Waals surface area contributed by atoms with Gasteiger partial charge in [-0.05, 0) is 65.8 Å². The van der Waals surface area contributed by atoms with E-state index < -0.39 is 17.4 Å². The monoisotopic (exact) mass is 420 g/mol. The van der Waals surface area contributed by atoms with E-state index in [9.17, 15) is 9.59 Å². The van der Waals surface area contributed by atoms with E-state index in [1.165, 1.54) is 0 Å². The number of hydrogen-bond acceptors (Lipinski definition) is 7. The molecule has 0 aromatic heterocycles. The fraction of sp³-hybridized carbons (Fsp3) is 0.565. The lowest BCUT2D eigenvalue weighted by atomic mass is 10.1. The van der Waals surface area contributed by atoms with Crippen LogP contribution in [0.3, 0.4) is 0 Å². The summed E-state index contributed by atoms with van der Waals surface area (Å²) in [5.74, 6) is -0.584. The van der Waals surface area contributed by atoms with Crippen LogP contribution in [0.15, 0.2) is 36.4 Å². The van der Waals surface area contributed by atoms with E-state index in [1.54, 1.807) is 31.2 Å². The molecule has 2 rings (SSSR count). The molecule has 166 valence electrons. The Hall–Kier alpha value is -2.38. The van der Waals surface area contributed by atoms with Crippen molar-refractivity contribution in [3.05, 3.63) is 36.4 Å². The molecule has 2 atom stereocenters. The molecule has 0 amide bonds. The maximum atomic E-state index is 12.2. The summed E-state index contributed by atoms with van der Waals surface area (Å²) < 4.78 is 28.2. The topological polar surface area (TPSA) is 80.3 Å². The number of carbonyl (C=O) groups excluding carboxylic acids is 2. The smallest absolute Gasteiger partial charge is 0.338 e. The Morgan fingerprint density at radius 2 is 1.67 bits per heavy atom.